The van der Waals surface area contributed by atoms with Gasteiger partial charge < -0.3 is 9.47 Å². The van der Waals surface area contributed by atoms with Gasteiger partial charge in [-0.2, -0.15) is 0 Å². The molecule has 24 heavy (non-hydrogen) atoms. The highest BCUT2D eigenvalue weighted by atomic mass is 19.1. The predicted molar refractivity (Wildman–Crippen MR) is 83.3 cm³/mol. The van der Waals surface area contributed by atoms with Gasteiger partial charge in [-0.15, -0.1) is 0 Å². The van der Waals surface area contributed by atoms with Crippen molar-refractivity contribution in [3.63, 3.8) is 0 Å². The Hall–Kier alpha value is -1.79. The van der Waals surface area contributed by atoms with Crippen LogP contribution in [0.25, 0.3) is 0 Å². The average Bonchev–Trinajstić information content (AvgIpc) is 3.12. The van der Waals surface area contributed by atoms with Crippen LogP contribution in [0.2, 0.25) is 0 Å². The number of alkyl halides is 1. The van der Waals surface area contributed by atoms with E-state index in [9.17, 15) is 9.59 Å². The molecule has 1 saturated heterocycles. The third kappa shape index (κ3) is 2.20. The molecule has 0 radical (unpaired) electrons. The fraction of sp³-hybridized carbons (Fsp3) is 0.556. The van der Waals surface area contributed by atoms with Crippen LogP contribution in [0.15, 0.2) is 34.9 Å². The van der Waals surface area contributed by atoms with Gasteiger partial charge in [-0.05, 0) is 38.7 Å². The van der Waals surface area contributed by atoms with Gasteiger partial charge in [0, 0.05) is 23.1 Å². The number of halogens is 1. The Bertz CT molecular complexity index is 674. The Labute approximate surface area is 139 Å². The topological polar surface area (TPSA) is 55.8 Å². The summed E-state index contributed by atoms with van der Waals surface area (Å²) in [6.07, 6.45) is 7.48. The lowest BCUT2D eigenvalue weighted by molar-refractivity contribution is -0.150. The highest BCUT2D eigenvalue weighted by molar-refractivity contribution is 6.20. The van der Waals surface area contributed by atoms with E-state index >= 15 is 4.39 Å². The lowest BCUT2D eigenvalue weighted by atomic mass is 9.93. The summed E-state index contributed by atoms with van der Waals surface area (Å²) >= 11 is 0. The van der Waals surface area contributed by atoms with Gasteiger partial charge >= 0.3 is 0 Å². The average molecular weight is 333 g/mol. The molecule has 0 bridgehead atoms. The number of amides is 2. The van der Waals surface area contributed by atoms with Crippen LogP contribution in [0.4, 0.5) is 4.39 Å². The van der Waals surface area contributed by atoms with E-state index in [0.717, 1.165) is 17.7 Å². The number of rotatable bonds is 2. The van der Waals surface area contributed by atoms with Gasteiger partial charge in [-0.1, -0.05) is 12.2 Å². The molecule has 0 aromatic carbocycles. The maximum Gasteiger partial charge on any atom is 0.260 e. The van der Waals surface area contributed by atoms with Crippen molar-refractivity contribution < 1.29 is 23.5 Å². The van der Waals surface area contributed by atoms with Crippen molar-refractivity contribution >= 4 is 11.8 Å². The van der Waals surface area contributed by atoms with Crippen molar-refractivity contribution in [2.24, 2.45) is 0 Å². The van der Waals surface area contributed by atoms with Gasteiger partial charge in [0.2, 0.25) is 5.79 Å². The lowest BCUT2D eigenvalue weighted by Gasteiger charge is -2.35. The third-order valence-corrected chi connectivity index (χ3v) is 5.20. The molecule has 0 aromatic rings. The summed E-state index contributed by atoms with van der Waals surface area (Å²) in [7, 11) is 0. The second-order valence-electron chi connectivity index (χ2n) is 6.78. The van der Waals surface area contributed by atoms with E-state index in [1.165, 1.54) is 6.08 Å². The van der Waals surface area contributed by atoms with Crippen LogP contribution in [-0.2, 0) is 19.1 Å². The summed E-state index contributed by atoms with van der Waals surface area (Å²) in [5.41, 5.74) is 1.49. The SMILES string of the molecule is CC1(C2=CC(F)(N3C(=O)C4=C(CCCC4)C3=O)CC=C2)OCCO1. The molecule has 4 rings (SSSR count). The molecule has 6 heteroatoms. The second kappa shape index (κ2) is 5.36. The number of nitrogens with zero attached hydrogens (tertiary/aromatic N) is 1. The molecule has 128 valence electrons. The van der Waals surface area contributed by atoms with Crippen molar-refractivity contribution in [1.29, 1.82) is 0 Å². The smallest absolute Gasteiger partial charge is 0.260 e. The Morgan fingerprint density at radius 1 is 1.08 bits per heavy atom. The third-order valence-electron chi connectivity index (χ3n) is 5.20. The summed E-state index contributed by atoms with van der Waals surface area (Å²) in [5.74, 6) is -4.18. The zero-order valence-corrected chi connectivity index (χ0v) is 13.6. The summed E-state index contributed by atoms with van der Waals surface area (Å²) in [6.45, 7) is 2.58. The first-order valence-corrected chi connectivity index (χ1v) is 8.42. The molecule has 2 heterocycles. The van der Waals surface area contributed by atoms with Crippen LogP contribution < -0.4 is 0 Å². The summed E-state index contributed by atoms with van der Waals surface area (Å²) in [6, 6.07) is 0. The highest BCUT2D eigenvalue weighted by Gasteiger charge is 2.51. The number of hydrogen-bond donors (Lipinski definition) is 0. The van der Waals surface area contributed by atoms with Crippen molar-refractivity contribution in [2.75, 3.05) is 13.2 Å². The molecule has 0 N–H and O–H groups in total. The minimum Gasteiger partial charge on any atom is -0.344 e. The number of hydrogen-bond acceptors (Lipinski definition) is 4. The molecule has 0 spiro atoms. The van der Waals surface area contributed by atoms with Gasteiger partial charge in [-0.25, -0.2) is 9.29 Å². The summed E-state index contributed by atoms with van der Waals surface area (Å²) in [5, 5.41) is 0. The normalized spacial score (nSPS) is 32.4. The van der Waals surface area contributed by atoms with Crippen molar-refractivity contribution in [1.82, 2.24) is 4.90 Å². The van der Waals surface area contributed by atoms with Crippen LogP contribution in [0.3, 0.4) is 0 Å². The van der Waals surface area contributed by atoms with E-state index in [0.29, 0.717) is 42.8 Å². The van der Waals surface area contributed by atoms with Gasteiger partial charge in [0.05, 0.1) is 13.2 Å². The fourth-order valence-corrected chi connectivity index (χ4v) is 3.89. The van der Waals surface area contributed by atoms with Gasteiger partial charge in [0.15, 0.2) is 5.79 Å². The van der Waals surface area contributed by atoms with E-state index in [4.69, 9.17) is 9.47 Å². The zero-order chi connectivity index (χ0) is 16.9. The second-order valence-corrected chi connectivity index (χ2v) is 6.78. The molecule has 5 nitrogen and oxygen atoms in total. The number of imide groups is 1. The van der Waals surface area contributed by atoms with E-state index in [1.807, 2.05) is 0 Å². The molecule has 2 amide bonds. The Morgan fingerprint density at radius 3 is 2.25 bits per heavy atom. The van der Waals surface area contributed by atoms with E-state index in [1.54, 1.807) is 19.1 Å². The van der Waals surface area contributed by atoms with Crippen LogP contribution >= 0.6 is 0 Å². The molecule has 4 aliphatic rings. The molecule has 1 atom stereocenters. The molecule has 0 aromatic heterocycles. The summed E-state index contributed by atoms with van der Waals surface area (Å²) < 4.78 is 26.9. The standard InChI is InChI=1S/C18H20FNO4/c1-17(23-9-10-24-17)12-5-4-8-18(19,11-12)20-15(21)13-6-2-3-7-14(13)16(20)22/h4-5,11H,2-3,6-10H2,1H3. The largest absolute Gasteiger partial charge is 0.344 e. The molecular formula is C18H20FNO4. The van der Waals surface area contributed by atoms with Crippen molar-refractivity contribution in [3.8, 4) is 0 Å². The molecule has 2 aliphatic carbocycles. The molecule has 0 saturated carbocycles. The minimum atomic E-state index is -2.17. The number of carbonyl (C=O) groups excluding carboxylic acids is 2. The van der Waals surface area contributed by atoms with Crippen LogP contribution in [0, 0.1) is 0 Å². The Morgan fingerprint density at radius 2 is 1.67 bits per heavy atom. The van der Waals surface area contributed by atoms with Gasteiger partial charge in [-0.3, -0.25) is 9.59 Å². The van der Waals surface area contributed by atoms with Crippen LogP contribution in [-0.4, -0.2) is 41.5 Å². The fourth-order valence-electron chi connectivity index (χ4n) is 3.89. The van der Waals surface area contributed by atoms with E-state index in [-0.39, 0.29) is 6.42 Å². The Balaban J connectivity index is 1.69. The highest BCUT2D eigenvalue weighted by Crippen LogP contribution is 2.42. The first-order valence-electron chi connectivity index (χ1n) is 8.42. The predicted octanol–water partition coefficient (Wildman–Crippen LogP) is 2.54. The van der Waals surface area contributed by atoms with Crippen LogP contribution in [0.1, 0.15) is 39.0 Å². The maximum atomic E-state index is 15.7. The number of ether oxygens (including phenoxy) is 2. The molecule has 1 unspecified atom stereocenters. The quantitative estimate of drug-likeness (QED) is 0.576. The van der Waals surface area contributed by atoms with Gasteiger partial charge in [0.25, 0.3) is 11.8 Å². The number of carbonyl (C=O) groups is 2. The van der Waals surface area contributed by atoms with E-state index in [2.05, 4.69) is 0 Å². The summed E-state index contributed by atoms with van der Waals surface area (Å²) in [4.78, 5) is 26.1. The maximum absolute atomic E-state index is 15.7. The monoisotopic (exact) mass is 333 g/mol. The molecular weight excluding hydrogens is 313 g/mol. The first-order chi connectivity index (χ1) is 11.4. The van der Waals surface area contributed by atoms with Crippen molar-refractivity contribution in [3.05, 3.63) is 34.9 Å². The van der Waals surface area contributed by atoms with Crippen LogP contribution in [0.5, 0.6) is 0 Å². The van der Waals surface area contributed by atoms with Gasteiger partial charge in [0.1, 0.15) is 0 Å². The first kappa shape index (κ1) is 15.7. The Kier molecular flexibility index (Phi) is 3.51. The van der Waals surface area contributed by atoms with E-state index < -0.39 is 23.4 Å². The van der Waals surface area contributed by atoms with Crippen molar-refractivity contribution in [2.45, 2.75) is 50.6 Å². The molecule has 2 aliphatic heterocycles. The minimum absolute atomic E-state index is 0.0510. The molecule has 1 fully saturated rings. The lowest BCUT2D eigenvalue weighted by Crippen LogP contribution is -2.49. The zero-order valence-electron chi connectivity index (χ0n) is 13.6.